The number of rotatable bonds is 0. The first-order chi connectivity index (χ1) is 4.72. The van der Waals surface area contributed by atoms with Crippen LogP contribution in [0.2, 0.25) is 0 Å². The van der Waals surface area contributed by atoms with Crippen molar-refractivity contribution in [1.29, 1.82) is 0 Å². The summed E-state index contributed by atoms with van der Waals surface area (Å²) in [5.41, 5.74) is -1.67. The van der Waals surface area contributed by atoms with Crippen molar-refractivity contribution in [3.8, 4) is 0 Å². The summed E-state index contributed by atoms with van der Waals surface area (Å²) in [5, 5.41) is 8.66. The molecule has 1 N–H and O–H groups in total. The van der Waals surface area contributed by atoms with Crippen LogP contribution in [-0.4, -0.2) is 9.94 Å². The minimum atomic E-state index is -0.940. The van der Waals surface area contributed by atoms with Gasteiger partial charge in [-0.1, -0.05) is 6.07 Å². The van der Waals surface area contributed by atoms with Gasteiger partial charge < -0.3 is 5.21 Å². The molecule has 0 spiro atoms. The van der Waals surface area contributed by atoms with Crippen LogP contribution >= 0.6 is 0 Å². The van der Waals surface area contributed by atoms with Crippen molar-refractivity contribution in [2.45, 2.75) is 0 Å². The lowest BCUT2D eigenvalue weighted by molar-refractivity contribution is 0.175. The molecule has 4 nitrogen and oxygen atoms in total. The number of hydrogen-bond donors (Lipinski definition) is 1. The van der Waals surface area contributed by atoms with Crippen LogP contribution in [0.15, 0.2) is 34.0 Å². The maximum absolute atomic E-state index is 10.6. The Morgan fingerprint density at radius 3 is 2.70 bits per heavy atom. The van der Waals surface area contributed by atoms with Gasteiger partial charge >= 0.3 is 5.56 Å². The topological polar surface area (TPSA) is 59.3 Å². The monoisotopic (exact) mass is 139 g/mol. The van der Waals surface area contributed by atoms with E-state index in [1.807, 2.05) is 0 Å². The van der Waals surface area contributed by atoms with Crippen LogP contribution in [0.4, 0.5) is 0 Å². The van der Waals surface area contributed by atoms with E-state index in [9.17, 15) is 9.59 Å². The van der Waals surface area contributed by atoms with E-state index >= 15 is 0 Å². The summed E-state index contributed by atoms with van der Waals surface area (Å²) in [6.45, 7) is 0. The van der Waals surface area contributed by atoms with Gasteiger partial charge in [-0.05, 0) is 12.1 Å². The van der Waals surface area contributed by atoms with E-state index in [0.717, 1.165) is 12.3 Å². The Morgan fingerprint density at radius 1 is 1.30 bits per heavy atom. The lowest BCUT2D eigenvalue weighted by Gasteiger charge is -1.82. The molecule has 0 aliphatic heterocycles. The van der Waals surface area contributed by atoms with Crippen molar-refractivity contribution >= 4 is 0 Å². The van der Waals surface area contributed by atoms with Crippen LogP contribution in [0.1, 0.15) is 0 Å². The molecule has 0 saturated carbocycles. The predicted molar refractivity (Wildman–Crippen MR) is 34.2 cm³/mol. The highest BCUT2D eigenvalue weighted by molar-refractivity contribution is 4.93. The average Bonchev–Trinajstić information content (AvgIpc) is 2.04. The lowest BCUT2D eigenvalue weighted by atomic mass is 10.5. The smallest absolute Gasteiger partial charge is 0.330 e. The Hall–Kier alpha value is -1.58. The second-order valence-electron chi connectivity index (χ2n) is 1.71. The summed E-state index contributed by atoms with van der Waals surface area (Å²) in [5.74, 6) is 0. The van der Waals surface area contributed by atoms with Crippen molar-refractivity contribution in [3.05, 3.63) is 45.0 Å². The number of aromatic nitrogens is 1. The van der Waals surface area contributed by atoms with Gasteiger partial charge in [-0.2, -0.15) is 4.73 Å². The predicted octanol–water partition coefficient (Wildman–Crippen LogP) is -0.554. The van der Waals surface area contributed by atoms with Crippen molar-refractivity contribution in [3.63, 3.8) is 0 Å². The molecule has 1 aromatic rings. The first kappa shape index (κ1) is 6.54. The molecule has 0 radical (unpaired) electrons. The fraction of sp³-hybridized carbons (Fsp3) is 0. The van der Waals surface area contributed by atoms with E-state index in [-0.39, 0.29) is 4.73 Å². The van der Waals surface area contributed by atoms with Gasteiger partial charge in [0.2, 0.25) is 5.43 Å². The molecule has 10 heavy (non-hydrogen) atoms. The van der Waals surface area contributed by atoms with Crippen LogP contribution < -0.4 is 11.0 Å². The van der Waals surface area contributed by atoms with Crippen LogP contribution in [-0.2, 0) is 0 Å². The first-order valence-corrected chi connectivity index (χ1v) is 2.63. The molecule has 1 heterocycles. The van der Waals surface area contributed by atoms with Crippen molar-refractivity contribution in [1.82, 2.24) is 4.73 Å². The van der Waals surface area contributed by atoms with E-state index in [1.54, 1.807) is 0 Å². The molecule has 0 atom stereocenters. The third-order valence-electron chi connectivity index (χ3n) is 1.00. The van der Waals surface area contributed by atoms with E-state index < -0.39 is 11.0 Å². The molecule has 4 heteroatoms. The third-order valence-corrected chi connectivity index (χ3v) is 1.00. The number of hydrogen-bond acceptors (Lipinski definition) is 3. The summed E-state index contributed by atoms with van der Waals surface area (Å²) < 4.78 is 0.252. The van der Waals surface area contributed by atoms with Crippen LogP contribution in [0.5, 0.6) is 0 Å². The second kappa shape index (κ2) is 2.34. The zero-order valence-corrected chi connectivity index (χ0v) is 5.02. The molecule has 0 unspecified atom stereocenters. The molecule has 0 saturated heterocycles. The van der Waals surface area contributed by atoms with Crippen molar-refractivity contribution in [2.24, 2.45) is 0 Å². The zero-order valence-electron chi connectivity index (χ0n) is 5.02. The summed E-state index contributed by atoms with van der Waals surface area (Å²) in [6.07, 6.45) is 1.10. The normalized spacial score (nSPS) is 9.20. The molecular formula is C6H5NO3. The van der Waals surface area contributed by atoms with Gasteiger partial charge in [-0.15, -0.1) is 0 Å². The standard InChI is InChI=1S/C6H5NO3/c8-5-3-1-2-4-7(10)6(5)9/h1-4,10H. The minimum absolute atomic E-state index is 0.252. The molecule has 1 aromatic heterocycles. The molecule has 0 aliphatic carbocycles. The van der Waals surface area contributed by atoms with Crippen molar-refractivity contribution < 1.29 is 5.21 Å². The highest BCUT2D eigenvalue weighted by atomic mass is 16.5. The highest BCUT2D eigenvalue weighted by Crippen LogP contribution is 1.69. The molecule has 0 fully saturated rings. The molecule has 0 bridgehead atoms. The molecule has 1 rings (SSSR count). The number of nitrogens with zero attached hydrogens (tertiary/aromatic N) is 1. The summed E-state index contributed by atoms with van der Waals surface area (Å²) in [4.78, 5) is 21.1. The molecule has 0 aliphatic rings. The summed E-state index contributed by atoms with van der Waals surface area (Å²) in [7, 11) is 0. The van der Waals surface area contributed by atoms with Gasteiger partial charge in [0.05, 0.1) is 0 Å². The Labute approximate surface area is 55.9 Å². The van der Waals surface area contributed by atoms with Gasteiger partial charge in [0.1, 0.15) is 0 Å². The Balaban J connectivity index is 3.70. The maximum Gasteiger partial charge on any atom is 0.330 e. The van der Waals surface area contributed by atoms with E-state index in [4.69, 9.17) is 5.21 Å². The average molecular weight is 139 g/mol. The Kier molecular flexibility index (Phi) is 1.53. The van der Waals surface area contributed by atoms with Crippen LogP contribution in [0, 0.1) is 0 Å². The lowest BCUT2D eigenvalue weighted by Crippen LogP contribution is -2.28. The molecule has 0 aromatic carbocycles. The fourth-order valence-corrected chi connectivity index (χ4v) is 0.526. The van der Waals surface area contributed by atoms with Crippen LogP contribution in [0.25, 0.3) is 0 Å². The SMILES string of the molecule is O=c1ccccn(O)c1=O. The largest absolute Gasteiger partial charge is 0.425 e. The minimum Gasteiger partial charge on any atom is -0.425 e. The van der Waals surface area contributed by atoms with E-state index in [1.165, 1.54) is 12.1 Å². The molecular weight excluding hydrogens is 134 g/mol. The van der Waals surface area contributed by atoms with Crippen molar-refractivity contribution in [2.75, 3.05) is 0 Å². The maximum atomic E-state index is 10.6. The highest BCUT2D eigenvalue weighted by Gasteiger charge is 1.90. The van der Waals surface area contributed by atoms with E-state index in [2.05, 4.69) is 0 Å². The van der Waals surface area contributed by atoms with E-state index in [0.29, 0.717) is 0 Å². The summed E-state index contributed by atoms with van der Waals surface area (Å²) in [6, 6.07) is 3.87. The van der Waals surface area contributed by atoms with Gasteiger partial charge in [-0.25, -0.2) is 0 Å². The second-order valence-corrected chi connectivity index (χ2v) is 1.71. The molecule has 52 valence electrons. The van der Waals surface area contributed by atoms with Gasteiger partial charge in [-0.3, -0.25) is 9.59 Å². The van der Waals surface area contributed by atoms with Crippen LogP contribution in [0.3, 0.4) is 0 Å². The Bertz CT molecular complexity index is 341. The zero-order chi connectivity index (χ0) is 7.56. The fourth-order valence-electron chi connectivity index (χ4n) is 0.526. The van der Waals surface area contributed by atoms with Gasteiger partial charge in [0.25, 0.3) is 0 Å². The van der Waals surface area contributed by atoms with Gasteiger partial charge in [0.15, 0.2) is 0 Å². The molecule has 0 amide bonds. The quantitative estimate of drug-likeness (QED) is 0.387. The Morgan fingerprint density at radius 2 is 2.00 bits per heavy atom. The first-order valence-electron chi connectivity index (χ1n) is 2.63. The van der Waals surface area contributed by atoms with Gasteiger partial charge in [0, 0.05) is 6.20 Å². The summed E-state index contributed by atoms with van der Waals surface area (Å²) >= 11 is 0. The third kappa shape index (κ3) is 1.05.